The topological polar surface area (TPSA) is 30.0 Å². The number of ketones is 1. The lowest BCUT2D eigenvalue weighted by Gasteiger charge is -1.99. The van der Waals surface area contributed by atoms with Gasteiger partial charge in [0.05, 0.1) is 0 Å². The molecule has 1 heterocycles. The maximum atomic E-state index is 11.0. The second-order valence-electron chi connectivity index (χ2n) is 2.12. The fourth-order valence-electron chi connectivity index (χ4n) is 0.821. The molecule has 0 saturated heterocycles. The van der Waals surface area contributed by atoms with E-state index in [0.717, 1.165) is 5.03 Å². The van der Waals surface area contributed by atoms with Crippen LogP contribution in [0.4, 0.5) is 0 Å². The Bertz CT molecular complexity index is 273. The highest BCUT2D eigenvalue weighted by atomic mass is 32.2. The van der Waals surface area contributed by atoms with Crippen LogP contribution in [0, 0.1) is 0 Å². The Hall–Kier alpha value is -0.830. The molecule has 1 rings (SSSR count). The van der Waals surface area contributed by atoms with Crippen molar-refractivity contribution in [1.29, 1.82) is 0 Å². The van der Waals surface area contributed by atoms with E-state index in [-0.39, 0.29) is 5.78 Å². The summed E-state index contributed by atoms with van der Waals surface area (Å²) < 4.78 is 0. The van der Waals surface area contributed by atoms with Gasteiger partial charge in [-0.25, -0.2) is 4.98 Å². The number of hydrogen-bond donors (Lipinski definition) is 0. The van der Waals surface area contributed by atoms with Crippen molar-refractivity contribution in [3.05, 3.63) is 23.9 Å². The molecule has 1 aromatic rings. The monoisotopic (exact) mass is 167 g/mol. The van der Waals surface area contributed by atoms with Crippen molar-refractivity contribution < 1.29 is 4.79 Å². The highest BCUT2D eigenvalue weighted by Crippen LogP contribution is 2.16. The first kappa shape index (κ1) is 8.27. The summed E-state index contributed by atoms with van der Waals surface area (Å²) in [6, 6.07) is 3.57. The molecule has 0 aliphatic heterocycles. The summed E-state index contributed by atoms with van der Waals surface area (Å²) >= 11 is 1.49. The van der Waals surface area contributed by atoms with E-state index in [1.807, 2.05) is 6.26 Å². The van der Waals surface area contributed by atoms with Gasteiger partial charge in [-0.05, 0) is 25.3 Å². The van der Waals surface area contributed by atoms with Gasteiger partial charge in [-0.2, -0.15) is 0 Å². The van der Waals surface area contributed by atoms with E-state index in [4.69, 9.17) is 0 Å². The third-order valence-electron chi connectivity index (χ3n) is 1.34. The molecule has 0 fully saturated rings. The molecule has 0 aliphatic carbocycles. The Labute approximate surface area is 70.0 Å². The van der Waals surface area contributed by atoms with E-state index in [0.29, 0.717) is 5.56 Å². The summed E-state index contributed by atoms with van der Waals surface area (Å²) in [7, 11) is 0. The molecule has 0 aromatic carbocycles. The van der Waals surface area contributed by atoms with Gasteiger partial charge in [0, 0.05) is 11.8 Å². The third-order valence-corrected chi connectivity index (χ3v) is 2.06. The summed E-state index contributed by atoms with van der Waals surface area (Å²) in [4.78, 5) is 15.0. The molecule has 3 heteroatoms. The van der Waals surface area contributed by atoms with Crippen molar-refractivity contribution in [2.24, 2.45) is 0 Å². The molecule has 0 radical (unpaired) electrons. The number of carbonyl (C=O) groups excluding carboxylic acids is 1. The Morgan fingerprint density at radius 2 is 2.36 bits per heavy atom. The molecule has 0 amide bonds. The highest BCUT2D eigenvalue weighted by molar-refractivity contribution is 7.98. The van der Waals surface area contributed by atoms with Crippen molar-refractivity contribution in [1.82, 2.24) is 4.98 Å². The van der Waals surface area contributed by atoms with Crippen LogP contribution < -0.4 is 0 Å². The normalized spacial score (nSPS) is 9.64. The molecule has 1 aromatic heterocycles. The van der Waals surface area contributed by atoms with Crippen molar-refractivity contribution in [2.75, 3.05) is 6.26 Å². The van der Waals surface area contributed by atoms with Gasteiger partial charge in [-0.3, -0.25) is 4.79 Å². The zero-order valence-electron chi connectivity index (χ0n) is 6.50. The maximum Gasteiger partial charge on any atom is 0.162 e. The molecule has 0 spiro atoms. The van der Waals surface area contributed by atoms with Gasteiger partial charge < -0.3 is 0 Å². The largest absolute Gasteiger partial charge is 0.294 e. The van der Waals surface area contributed by atoms with Crippen LogP contribution in [0.25, 0.3) is 0 Å². The predicted molar refractivity (Wildman–Crippen MR) is 46.0 cm³/mol. The predicted octanol–water partition coefficient (Wildman–Crippen LogP) is 2.01. The molecule has 0 N–H and O–H groups in total. The van der Waals surface area contributed by atoms with Gasteiger partial charge in [0.15, 0.2) is 5.78 Å². The molecule has 0 bridgehead atoms. The fourth-order valence-corrected chi connectivity index (χ4v) is 1.42. The van der Waals surface area contributed by atoms with Crippen molar-refractivity contribution in [3.8, 4) is 0 Å². The first-order chi connectivity index (χ1) is 5.25. The van der Waals surface area contributed by atoms with E-state index in [1.54, 1.807) is 25.3 Å². The lowest BCUT2D eigenvalue weighted by atomic mass is 10.2. The van der Waals surface area contributed by atoms with Crippen LogP contribution in [-0.4, -0.2) is 17.0 Å². The quantitative estimate of drug-likeness (QED) is 0.498. The van der Waals surface area contributed by atoms with Gasteiger partial charge in [0.2, 0.25) is 0 Å². The molecular formula is C8H9NOS. The van der Waals surface area contributed by atoms with E-state index in [2.05, 4.69) is 4.98 Å². The first-order valence-electron chi connectivity index (χ1n) is 3.25. The lowest BCUT2D eigenvalue weighted by Crippen LogP contribution is -1.95. The fraction of sp³-hybridized carbons (Fsp3) is 0.250. The summed E-state index contributed by atoms with van der Waals surface area (Å²) in [5.41, 5.74) is 0.708. The number of aromatic nitrogens is 1. The minimum absolute atomic E-state index is 0.0717. The Morgan fingerprint density at radius 1 is 1.64 bits per heavy atom. The smallest absolute Gasteiger partial charge is 0.162 e. The zero-order chi connectivity index (χ0) is 8.27. The molecule has 0 atom stereocenters. The van der Waals surface area contributed by atoms with Crippen molar-refractivity contribution >= 4 is 17.5 Å². The minimum Gasteiger partial charge on any atom is -0.294 e. The van der Waals surface area contributed by atoms with Crippen LogP contribution in [0.3, 0.4) is 0 Å². The van der Waals surface area contributed by atoms with Crippen LogP contribution in [0.2, 0.25) is 0 Å². The first-order valence-corrected chi connectivity index (χ1v) is 4.48. The molecule has 58 valence electrons. The van der Waals surface area contributed by atoms with E-state index in [9.17, 15) is 4.79 Å². The van der Waals surface area contributed by atoms with Crippen LogP contribution >= 0.6 is 11.8 Å². The van der Waals surface area contributed by atoms with E-state index in [1.165, 1.54) is 11.8 Å². The van der Waals surface area contributed by atoms with Gasteiger partial charge in [0.1, 0.15) is 5.03 Å². The third kappa shape index (κ3) is 1.80. The number of nitrogens with zero attached hydrogens (tertiary/aromatic N) is 1. The average molecular weight is 167 g/mol. The summed E-state index contributed by atoms with van der Waals surface area (Å²) in [6.45, 7) is 1.55. The van der Waals surface area contributed by atoms with Crippen molar-refractivity contribution in [2.45, 2.75) is 11.9 Å². The summed E-state index contributed by atoms with van der Waals surface area (Å²) in [5, 5.41) is 0.806. The summed E-state index contributed by atoms with van der Waals surface area (Å²) in [5.74, 6) is 0.0717. The molecule has 11 heavy (non-hydrogen) atoms. The van der Waals surface area contributed by atoms with Gasteiger partial charge in [-0.15, -0.1) is 11.8 Å². The number of hydrogen-bond acceptors (Lipinski definition) is 3. The van der Waals surface area contributed by atoms with Crippen LogP contribution in [0.5, 0.6) is 0 Å². The van der Waals surface area contributed by atoms with E-state index >= 15 is 0 Å². The second kappa shape index (κ2) is 3.53. The number of rotatable bonds is 2. The lowest BCUT2D eigenvalue weighted by molar-refractivity contribution is 0.101. The zero-order valence-corrected chi connectivity index (χ0v) is 7.31. The van der Waals surface area contributed by atoms with E-state index < -0.39 is 0 Å². The number of thioether (sulfide) groups is 1. The summed E-state index contributed by atoms with van der Waals surface area (Å²) in [6.07, 6.45) is 3.60. The minimum atomic E-state index is 0.0717. The molecule has 0 saturated carbocycles. The number of pyridine rings is 1. The molecule has 0 aliphatic rings. The molecule has 2 nitrogen and oxygen atoms in total. The van der Waals surface area contributed by atoms with Gasteiger partial charge in [0.25, 0.3) is 0 Å². The highest BCUT2D eigenvalue weighted by Gasteiger charge is 2.04. The molecular weight excluding hydrogens is 158 g/mol. The van der Waals surface area contributed by atoms with Gasteiger partial charge in [-0.1, -0.05) is 0 Å². The average Bonchev–Trinajstić information content (AvgIpc) is 2.04. The SMILES string of the molecule is CSc1ncccc1C(C)=O. The Morgan fingerprint density at radius 3 is 2.82 bits per heavy atom. The number of carbonyl (C=O) groups is 1. The maximum absolute atomic E-state index is 11.0. The Balaban J connectivity index is 3.12. The Kier molecular flexibility index (Phi) is 2.65. The van der Waals surface area contributed by atoms with Gasteiger partial charge >= 0.3 is 0 Å². The second-order valence-corrected chi connectivity index (χ2v) is 2.91. The molecule has 0 unspecified atom stereocenters. The van der Waals surface area contributed by atoms with Crippen LogP contribution in [0.15, 0.2) is 23.4 Å². The van der Waals surface area contributed by atoms with Crippen molar-refractivity contribution in [3.63, 3.8) is 0 Å². The standard InChI is InChI=1S/C8H9NOS/c1-6(10)7-4-3-5-9-8(7)11-2/h3-5H,1-2H3. The van der Waals surface area contributed by atoms with Crippen LogP contribution in [-0.2, 0) is 0 Å². The van der Waals surface area contributed by atoms with Crippen LogP contribution in [0.1, 0.15) is 17.3 Å². The number of Topliss-reactive ketones (excluding diaryl/α,β-unsaturated/α-hetero) is 1.